The van der Waals surface area contributed by atoms with E-state index in [0.29, 0.717) is 6.42 Å². The average molecular weight is 306 g/mol. The zero-order valence-corrected chi connectivity index (χ0v) is 12.2. The van der Waals surface area contributed by atoms with E-state index in [9.17, 15) is 14.4 Å². The highest BCUT2D eigenvalue weighted by Gasteiger charge is 2.37. The second kappa shape index (κ2) is 6.93. The number of carboxylic acid groups (broad SMARTS) is 1. The van der Waals surface area contributed by atoms with E-state index in [-0.39, 0.29) is 25.3 Å². The third-order valence-electron chi connectivity index (χ3n) is 3.54. The van der Waals surface area contributed by atoms with Gasteiger partial charge >= 0.3 is 12.0 Å². The van der Waals surface area contributed by atoms with E-state index >= 15 is 0 Å². The van der Waals surface area contributed by atoms with E-state index in [1.54, 1.807) is 7.11 Å². The molecular formula is C15H18N2O5. The minimum absolute atomic E-state index is 0.110. The number of aliphatic carboxylic acids is 1. The lowest BCUT2D eigenvalue weighted by Crippen LogP contribution is -2.33. The molecule has 1 aliphatic rings. The lowest BCUT2D eigenvalue weighted by Gasteiger charge is -2.13. The molecule has 0 aromatic heterocycles. The minimum Gasteiger partial charge on any atom is -0.497 e. The van der Waals surface area contributed by atoms with Crippen molar-refractivity contribution in [1.29, 1.82) is 0 Å². The number of benzene rings is 1. The molecule has 2 N–H and O–H groups in total. The van der Waals surface area contributed by atoms with Gasteiger partial charge in [-0.05, 0) is 30.5 Å². The summed E-state index contributed by atoms with van der Waals surface area (Å²) in [4.78, 5) is 35.5. The monoisotopic (exact) mass is 306 g/mol. The number of ether oxygens (including phenoxy) is 1. The van der Waals surface area contributed by atoms with Gasteiger partial charge in [-0.3, -0.25) is 14.5 Å². The highest BCUT2D eigenvalue weighted by atomic mass is 16.5. The zero-order valence-electron chi connectivity index (χ0n) is 12.2. The SMILES string of the molecule is COc1ccc(CCN2C(=O)N[C@H](CCC(=O)O)C2=O)cc1. The molecule has 0 radical (unpaired) electrons. The molecule has 0 saturated carbocycles. The molecule has 3 amide bonds. The molecule has 1 aromatic carbocycles. The Hall–Kier alpha value is -2.57. The Morgan fingerprint density at radius 1 is 1.32 bits per heavy atom. The molecule has 0 unspecified atom stereocenters. The van der Waals surface area contributed by atoms with Gasteiger partial charge in [-0.15, -0.1) is 0 Å². The topological polar surface area (TPSA) is 95.9 Å². The fourth-order valence-corrected chi connectivity index (χ4v) is 2.29. The highest BCUT2D eigenvalue weighted by molar-refractivity contribution is 6.04. The Labute approximate surface area is 127 Å². The number of nitrogens with one attached hydrogen (secondary N) is 1. The van der Waals surface area contributed by atoms with Crippen LogP contribution in [0, 0.1) is 0 Å². The first-order valence-corrected chi connectivity index (χ1v) is 6.98. The van der Waals surface area contributed by atoms with Crippen molar-refractivity contribution in [2.75, 3.05) is 13.7 Å². The van der Waals surface area contributed by atoms with Crippen molar-refractivity contribution < 1.29 is 24.2 Å². The molecular weight excluding hydrogens is 288 g/mol. The first-order chi connectivity index (χ1) is 10.5. The minimum atomic E-state index is -0.987. The fraction of sp³-hybridized carbons (Fsp3) is 0.400. The van der Waals surface area contributed by atoms with Crippen LogP contribution in [-0.4, -0.2) is 47.6 Å². The second-order valence-corrected chi connectivity index (χ2v) is 5.02. The van der Waals surface area contributed by atoms with E-state index in [1.807, 2.05) is 24.3 Å². The Morgan fingerprint density at radius 3 is 2.59 bits per heavy atom. The second-order valence-electron chi connectivity index (χ2n) is 5.02. The first kappa shape index (κ1) is 15.8. The Bertz CT molecular complexity index is 570. The molecule has 1 fully saturated rings. The Morgan fingerprint density at radius 2 is 2.00 bits per heavy atom. The van der Waals surface area contributed by atoms with Crippen LogP contribution in [0.3, 0.4) is 0 Å². The maximum atomic E-state index is 12.1. The fourth-order valence-electron chi connectivity index (χ4n) is 2.29. The van der Waals surface area contributed by atoms with Crippen molar-refractivity contribution in [1.82, 2.24) is 10.2 Å². The Balaban J connectivity index is 1.90. The third-order valence-corrected chi connectivity index (χ3v) is 3.54. The van der Waals surface area contributed by atoms with E-state index < -0.39 is 18.0 Å². The molecule has 7 heteroatoms. The number of urea groups is 1. The average Bonchev–Trinajstić information content (AvgIpc) is 2.78. The molecule has 2 rings (SSSR count). The lowest BCUT2D eigenvalue weighted by atomic mass is 10.1. The van der Waals surface area contributed by atoms with Crippen LogP contribution in [0.1, 0.15) is 18.4 Å². The number of nitrogens with zero attached hydrogens (tertiary/aromatic N) is 1. The molecule has 0 bridgehead atoms. The van der Waals surface area contributed by atoms with Gasteiger partial charge in [-0.2, -0.15) is 0 Å². The van der Waals surface area contributed by atoms with Gasteiger partial charge in [0, 0.05) is 13.0 Å². The largest absolute Gasteiger partial charge is 0.497 e. The summed E-state index contributed by atoms with van der Waals surface area (Å²) in [7, 11) is 1.58. The van der Waals surface area contributed by atoms with E-state index in [1.165, 1.54) is 0 Å². The lowest BCUT2D eigenvalue weighted by molar-refractivity contribution is -0.137. The molecule has 7 nitrogen and oxygen atoms in total. The van der Waals surface area contributed by atoms with Crippen LogP contribution in [0.4, 0.5) is 4.79 Å². The quantitative estimate of drug-likeness (QED) is 0.733. The van der Waals surface area contributed by atoms with Crippen molar-refractivity contribution in [2.45, 2.75) is 25.3 Å². The van der Waals surface area contributed by atoms with E-state index in [0.717, 1.165) is 16.2 Å². The standard InChI is InChI=1S/C15H18N2O5/c1-22-11-4-2-10(3-5-11)8-9-17-14(20)12(16-15(17)21)6-7-13(18)19/h2-5,12H,6-9H2,1H3,(H,16,21)(H,18,19)/t12-/m1/s1. The number of rotatable bonds is 7. The highest BCUT2D eigenvalue weighted by Crippen LogP contribution is 2.15. The van der Waals surface area contributed by atoms with Crippen LogP contribution in [0.25, 0.3) is 0 Å². The summed E-state index contributed by atoms with van der Waals surface area (Å²) < 4.78 is 5.06. The molecule has 22 heavy (non-hydrogen) atoms. The molecule has 118 valence electrons. The number of carbonyl (C=O) groups is 3. The van der Waals surface area contributed by atoms with Crippen molar-refractivity contribution in [3.05, 3.63) is 29.8 Å². The van der Waals surface area contributed by atoms with Crippen LogP contribution in [-0.2, 0) is 16.0 Å². The number of carbonyl (C=O) groups excluding carboxylic acids is 2. The van der Waals surface area contributed by atoms with Gasteiger partial charge in [0.1, 0.15) is 11.8 Å². The van der Waals surface area contributed by atoms with Crippen molar-refractivity contribution in [2.24, 2.45) is 0 Å². The summed E-state index contributed by atoms with van der Waals surface area (Å²) in [5.74, 6) is -0.606. The van der Waals surface area contributed by atoms with Crippen LogP contribution < -0.4 is 10.1 Å². The van der Waals surface area contributed by atoms with E-state index in [4.69, 9.17) is 9.84 Å². The molecule has 0 aliphatic carbocycles. The van der Waals surface area contributed by atoms with Gasteiger partial charge in [-0.25, -0.2) is 4.79 Å². The summed E-state index contributed by atoms with van der Waals surface area (Å²) in [6.45, 7) is 0.264. The molecule has 1 aliphatic heterocycles. The molecule has 0 spiro atoms. The smallest absolute Gasteiger partial charge is 0.324 e. The van der Waals surface area contributed by atoms with Gasteiger partial charge in [0.25, 0.3) is 5.91 Å². The summed E-state index contributed by atoms with van der Waals surface area (Å²) in [6, 6.07) is 6.18. The molecule has 1 aromatic rings. The third kappa shape index (κ3) is 3.75. The van der Waals surface area contributed by atoms with Crippen molar-refractivity contribution >= 4 is 17.9 Å². The Kier molecular flexibility index (Phi) is 4.98. The van der Waals surface area contributed by atoms with Crippen LogP contribution >= 0.6 is 0 Å². The number of imide groups is 1. The molecule has 1 atom stereocenters. The van der Waals surface area contributed by atoms with Gasteiger partial charge in [0.2, 0.25) is 0 Å². The van der Waals surface area contributed by atoms with Crippen LogP contribution in [0.2, 0.25) is 0 Å². The molecule has 1 heterocycles. The van der Waals surface area contributed by atoms with E-state index in [2.05, 4.69) is 5.32 Å². The van der Waals surface area contributed by atoms with Gasteiger partial charge in [0.05, 0.1) is 7.11 Å². The van der Waals surface area contributed by atoms with Gasteiger partial charge < -0.3 is 15.2 Å². The maximum Gasteiger partial charge on any atom is 0.324 e. The summed E-state index contributed by atoms with van der Waals surface area (Å²) >= 11 is 0. The number of methoxy groups -OCH3 is 1. The number of amides is 3. The first-order valence-electron chi connectivity index (χ1n) is 6.98. The summed E-state index contributed by atoms with van der Waals surface area (Å²) in [6.07, 6.45) is 0.497. The van der Waals surface area contributed by atoms with Crippen LogP contribution in [0.15, 0.2) is 24.3 Å². The summed E-state index contributed by atoms with van der Waals surface area (Å²) in [5.41, 5.74) is 0.982. The summed E-state index contributed by atoms with van der Waals surface area (Å²) in [5, 5.41) is 11.2. The van der Waals surface area contributed by atoms with Crippen LogP contribution in [0.5, 0.6) is 5.75 Å². The predicted octanol–water partition coefficient (Wildman–Crippen LogP) is 1.02. The normalized spacial score (nSPS) is 17.5. The molecule has 1 saturated heterocycles. The number of carboxylic acids is 1. The zero-order chi connectivity index (χ0) is 16.1. The number of hydrogen-bond acceptors (Lipinski definition) is 4. The van der Waals surface area contributed by atoms with Gasteiger partial charge in [0.15, 0.2) is 0 Å². The van der Waals surface area contributed by atoms with Gasteiger partial charge in [-0.1, -0.05) is 12.1 Å². The maximum absolute atomic E-state index is 12.1. The predicted molar refractivity (Wildman–Crippen MR) is 77.6 cm³/mol. The number of hydrogen-bond donors (Lipinski definition) is 2. The van der Waals surface area contributed by atoms with Crippen molar-refractivity contribution in [3.63, 3.8) is 0 Å². The van der Waals surface area contributed by atoms with Crippen molar-refractivity contribution in [3.8, 4) is 5.75 Å².